The van der Waals surface area contributed by atoms with Crippen molar-refractivity contribution in [3.05, 3.63) is 24.0 Å². The van der Waals surface area contributed by atoms with Gasteiger partial charge in [0.15, 0.2) is 5.69 Å². The number of piperidine rings is 2. The van der Waals surface area contributed by atoms with Crippen molar-refractivity contribution >= 4 is 11.6 Å². The molecule has 2 unspecified atom stereocenters. The van der Waals surface area contributed by atoms with Crippen molar-refractivity contribution < 1.29 is 4.79 Å². The monoisotopic (exact) mass is 274 g/mol. The predicted octanol–water partition coefficient (Wildman–Crippen LogP) is 1.22. The van der Waals surface area contributed by atoms with Crippen molar-refractivity contribution in [2.24, 2.45) is 5.92 Å². The summed E-state index contributed by atoms with van der Waals surface area (Å²) in [4.78, 5) is 21.1. The van der Waals surface area contributed by atoms with E-state index in [9.17, 15) is 4.79 Å². The molecule has 5 heteroatoms. The van der Waals surface area contributed by atoms with Gasteiger partial charge in [-0.3, -0.25) is 4.79 Å². The number of hydrogen-bond donors (Lipinski definition) is 1. The van der Waals surface area contributed by atoms with Crippen LogP contribution in [-0.2, 0) is 0 Å². The van der Waals surface area contributed by atoms with E-state index in [0.29, 0.717) is 23.3 Å². The minimum absolute atomic E-state index is 0.0187. The maximum atomic E-state index is 12.5. The first-order chi connectivity index (χ1) is 9.66. The molecule has 0 spiro atoms. The summed E-state index contributed by atoms with van der Waals surface area (Å²) in [5.74, 6) is 0.575. The van der Waals surface area contributed by atoms with Crippen LogP contribution in [0.1, 0.15) is 29.8 Å². The lowest BCUT2D eigenvalue weighted by molar-refractivity contribution is 0.0314. The van der Waals surface area contributed by atoms with Gasteiger partial charge in [0.25, 0.3) is 5.91 Å². The van der Waals surface area contributed by atoms with Gasteiger partial charge >= 0.3 is 0 Å². The highest BCUT2D eigenvalue weighted by Gasteiger charge is 2.36. The highest BCUT2D eigenvalue weighted by Crippen LogP contribution is 2.30. The van der Waals surface area contributed by atoms with E-state index < -0.39 is 0 Å². The molecule has 2 aliphatic heterocycles. The molecule has 0 bridgehead atoms. The van der Waals surface area contributed by atoms with Gasteiger partial charge in [-0.15, -0.1) is 0 Å². The molecule has 2 atom stereocenters. The van der Waals surface area contributed by atoms with Gasteiger partial charge in [-0.25, -0.2) is 4.98 Å². The third-order valence-corrected chi connectivity index (χ3v) is 4.67. The van der Waals surface area contributed by atoms with Crippen molar-refractivity contribution in [1.82, 2.24) is 14.8 Å². The number of hydrogen-bond acceptors (Lipinski definition) is 4. The van der Waals surface area contributed by atoms with Crippen LogP contribution in [0, 0.1) is 5.92 Å². The molecule has 0 aliphatic carbocycles. The molecule has 0 saturated carbocycles. The lowest BCUT2D eigenvalue weighted by atomic mass is 9.84. The zero-order valence-electron chi connectivity index (χ0n) is 12.0. The summed E-state index contributed by atoms with van der Waals surface area (Å²) in [7, 11) is 2.20. The van der Waals surface area contributed by atoms with Crippen LogP contribution in [0.4, 0.5) is 5.69 Å². The first-order valence-corrected chi connectivity index (χ1v) is 7.37. The van der Waals surface area contributed by atoms with Crippen molar-refractivity contribution in [3.8, 4) is 0 Å². The second-order valence-electron chi connectivity index (χ2n) is 5.93. The van der Waals surface area contributed by atoms with Gasteiger partial charge in [-0.05, 0) is 50.9 Å². The van der Waals surface area contributed by atoms with Crippen LogP contribution in [0.2, 0.25) is 0 Å². The summed E-state index contributed by atoms with van der Waals surface area (Å²) in [5, 5.41) is 0. The van der Waals surface area contributed by atoms with Crippen LogP contribution >= 0.6 is 0 Å². The van der Waals surface area contributed by atoms with Crippen LogP contribution in [-0.4, -0.2) is 53.4 Å². The molecule has 2 fully saturated rings. The number of likely N-dealkylation sites (tertiary alicyclic amines) is 2. The topological polar surface area (TPSA) is 62.5 Å². The Hall–Kier alpha value is -1.62. The Morgan fingerprint density at radius 1 is 1.40 bits per heavy atom. The fourth-order valence-corrected chi connectivity index (χ4v) is 3.58. The summed E-state index contributed by atoms with van der Waals surface area (Å²) < 4.78 is 0. The molecule has 3 heterocycles. The van der Waals surface area contributed by atoms with Crippen LogP contribution < -0.4 is 5.73 Å². The van der Waals surface area contributed by atoms with Crippen LogP contribution in [0.3, 0.4) is 0 Å². The minimum atomic E-state index is -0.0187. The zero-order chi connectivity index (χ0) is 14.1. The molecular weight excluding hydrogens is 252 g/mol. The van der Waals surface area contributed by atoms with Crippen LogP contribution in [0.25, 0.3) is 0 Å². The molecule has 2 aliphatic rings. The van der Waals surface area contributed by atoms with Gasteiger partial charge in [0.1, 0.15) is 0 Å². The van der Waals surface area contributed by atoms with E-state index in [1.807, 2.05) is 4.90 Å². The van der Waals surface area contributed by atoms with E-state index in [2.05, 4.69) is 16.9 Å². The molecule has 2 N–H and O–H groups in total. The van der Waals surface area contributed by atoms with Crippen molar-refractivity contribution in [2.45, 2.75) is 25.3 Å². The Labute approximate surface area is 119 Å². The molecule has 1 aromatic rings. The minimum Gasteiger partial charge on any atom is -0.397 e. The molecule has 1 aromatic heterocycles. The smallest absolute Gasteiger partial charge is 0.274 e. The number of aromatic nitrogens is 1. The third kappa shape index (κ3) is 2.38. The van der Waals surface area contributed by atoms with Gasteiger partial charge in [-0.2, -0.15) is 0 Å². The van der Waals surface area contributed by atoms with Crippen molar-refractivity contribution in [1.29, 1.82) is 0 Å². The molecule has 0 aromatic carbocycles. The summed E-state index contributed by atoms with van der Waals surface area (Å²) in [6.07, 6.45) is 5.13. The molecule has 2 saturated heterocycles. The normalized spacial score (nSPS) is 27.1. The summed E-state index contributed by atoms with van der Waals surface area (Å²) in [5.41, 5.74) is 6.73. The molecule has 3 rings (SSSR count). The number of carbonyl (C=O) groups excluding carboxylic acids is 1. The molecule has 108 valence electrons. The van der Waals surface area contributed by atoms with Gasteiger partial charge in [0.2, 0.25) is 0 Å². The Morgan fingerprint density at radius 2 is 2.25 bits per heavy atom. The van der Waals surface area contributed by atoms with E-state index in [1.54, 1.807) is 18.3 Å². The molecule has 20 heavy (non-hydrogen) atoms. The van der Waals surface area contributed by atoms with Gasteiger partial charge < -0.3 is 15.5 Å². The van der Waals surface area contributed by atoms with Gasteiger partial charge in [-0.1, -0.05) is 0 Å². The largest absolute Gasteiger partial charge is 0.397 e. The molecular formula is C15H22N4O. The van der Waals surface area contributed by atoms with Gasteiger partial charge in [0, 0.05) is 25.3 Å². The summed E-state index contributed by atoms with van der Waals surface area (Å²) >= 11 is 0. The number of pyridine rings is 1. The predicted molar refractivity (Wildman–Crippen MR) is 78.3 cm³/mol. The quantitative estimate of drug-likeness (QED) is 0.836. The first kappa shape index (κ1) is 13.4. The Balaban J connectivity index is 1.73. The molecule has 0 radical (unpaired) electrons. The van der Waals surface area contributed by atoms with Crippen molar-refractivity contribution in [3.63, 3.8) is 0 Å². The maximum Gasteiger partial charge on any atom is 0.274 e. The van der Waals surface area contributed by atoms with E-state index in [1.165, 1.54) is 19.4 Å². The van der Waals surface area contributed by atoms with E-state index in [0.717, 1.165) is 19.5 Å². The summed E-state index contributed by atoms with van der Waals surface area (Å²) in [6.45, 7) is 2.83. The number of anilines is 1. The lowest BCUT2D eigenvalue weighted by Crippen LogP contribution is -2.54. The zero-order valence-corrected chi connectivity index (χ0v) is 12.0. The second kappa shape index (κ2) is 5.40. The number of nitrogens with zero attached hydrogens (tertiary/aromatic N) is 3. The Morgan fingerprint density at radius 3 is 3.05 bits per heavy atom. The fraction of sp³-hybridized carbons (Fsp3) is 0.600. The third-order valence-electron chi connectivity index (χ3n) is 4.67. The Bertz CT molecular complexity index is 504. The van der Waals surface area contributed by atoms with E-state index in [4.69, 9.17) is 5.73 Å². The number of rotatable bonds is 1. The number of amides is 1. The van der Waals surface area contributed by atoms with Crippen LogP contribution in [0.5, 0.6) is 0 Å². The van der Waals surface area contributed by atoms with Crippen LogP contribution in [0.15, 0.2) is 18.3 Å². The maximum absolute atomic E-state index is 12.5. The SMILES string of the molecule is CN1CCCC2CN(C(=O)c3ncccc3N)CCC21. The number of nitrogen functional groups attached to an aromatic ring is 1. The lowest BCUT2D eigenvalue weighted by Gasteiger charge is -2.45. The van der Waals surface area contributed by atoms with E-state index in [-0.39, 0.29) is 5.91 Å². The fourth-order valence-electron chi connectivity index (χ4n) is 3.58. The van der Waals surface area contributed by atoms with E-state index >= 15 is 0 Å². The van der Waals surface area contributed by atoms with Gasteiger partial charge in [0.05, 0.1) is 5.69 Å². The second-order valence-corrected chi connectivity index (χ2v) is 5.93. The highest BCUT2D eigenvalue weighted by atomic mass is 16.2. The molecule has 1 amide bonds. The Kier molecular flexibility index (Phi) is 3.61. The average molecular weight is 274 g/mol. The first-order valence-electron chi connectivity index (χ1n) is 7.37. The molecule has 5 nitrogen and oxygen atoms in total. The van der Waals surface area contributed by atoms with Crippen molar-refractivity contribution in [2.75, 3.05) is 32.4 Å². The highest BCUT2D eigenvalue weighted by molar-refractivity contribution is 5.97. The number of fused-ring (bicyclic) bond motifs is 1. The average Bonchev–Trinajstić information content (AvgIpc) is 2.47. The standard InChI is InChI=1S/C15H22N4O/c1-18-8-3-4-11-10-19(9-6-13(11)18)15(20)14-12(16)5-2-7-17-14/h2,5,7,11,13H,3-4,6,8-10,16H2,1H3. The summed E-state index contributed by atoms with van der Waals surface area (Å²) in [6, 6.07) is 4.13. The number of carbonyl (C=O) groups is 1. The number of nitrogens with two attached hydrogens (primary N) is 1.